The van der Waals surface area contributed by atoms with Crippen LogP contribution in [0.4, 0.5) is 0 Å². The van der Waals surface area contributed by atoms with Gasteiger partial charge in [0, 0.05) is 55.9 Å². The smallest absolute Gasteiger partial charge is 0.136 e. The van der Waals surface area contributed by atoms with Gasteiger partial charge in [0.25, 0.3) is 0 Å². The van der Waals surface area contributed by atoms with Gasteiger partial charge in [0.15, 0.2) is 0 Å². The molecular formula is C57H38OS2. The molecule has 3 heteroatoms. The molecule has 0 saturated carbocycles. The summed E-state index contributed by atoms with van der Waals surface area (Å²) in [6, 6.07) is 73.2. The van der Waals surface area contributed by atoms with E-state index < -0.39 is 10.0 Å². The molecule has 11 aromatic rings. The maximum Gasteiger partial charge on any atom is 0.136 e. The monoisotopic (exact) mass is 802 g/mol. The predicted octanol–water partition coefficient (Wildman–Crippen LogP) is 16.9. The fourth-order valence-electron chi connectivity index (χ4n) is 10.6. The first-order chi connectivity index (χ1) is 29.5. The number of benzene rings is 9. The van der Waals surface area contributed by atoms with Gasteiger partial charge in [0.1, 0.15) is 11.2 Å². The summed E-state index contributed by atoms with van der Waals surface area (Å²) in [6.45, 7) is 4.87. The summed E-state index contributed by atoms with van der Waals surface area (Å²) < 4.78 is 9.18. The highest BCUT2D eigenvalue weighted by atomic mass is 32.3. The van der Waals surface area contributed by atoms with Crippen molar-refractivity contribution in [3.8, 4) is 44.5 Å². The second-order valence-electron chi connectivity index (χ2n) is 16.8. The number of hydrogen-bond acceptors (Lipinski definition) is 2. The van der Waals surface area contributed by atoms with Gasteiger partial charge >= 0.3 is 0 Å². The predicted molar refractivity (Wildman–Crippen MR) is 254 cm³/mol. The van der Waals surface area contributed by atoms with Crippen LogP contribution >= 0.6 is 21.4 Å². The number of hydrogen-bond donors (Lipinski definition) is 0. The third-order valence-corrected chi connectivity index (χ3v) is 18.5. The van der Waals surface area contributed by atoms with Crippen molar-refractivity contribution in [2.24, 2.45) is 0 Å². The molecule has 13 rings (SSSR count). The zero-order valence-electron chi connectivity index (χ0n) is 33.2. The largest absolute Gasteiger partial charge is 0.456 e. The van der Waals surface area contributed by atoms with Crippen LogP contribution in [0.3, 0.4) is 0 Å². The highest BCUT2D eigenvalue weighted by molar-refractivity contribution is 8.34. The molecule has 60 heavy (non-hydrogen) atoms. The van der Waals surface area contributed by atoms with E-state index in [0.29, 0.717) is 0 Å². The van der Waals surface area contributed by atoms with E-state index in [1.807, 2.05) is 11.3 Å². The Kier molecular flexibility index (Phi) is 7.10. The second-order valence-corrected chi connectivity index (χ2v) is 20.9. The van der Waals surface area contributed by atoms with Gasteiger partial charge in [-0.2, -0.15) is 0 Å². The van der Waals surface area contributed by atoms with E-state index >= 15 is 0 Å². The van der Waals surface area contributed by atoms with E-state index in [9.17, 15) is 0 Å². The van der Waals surface area contributed by atoms with Gasteiger partial charge in [-0.1, -0.05) is 147 Å². The van der Waals surface area contributed by atoms with Gasteiger partial charge in [-0.25, -0.2) is 0 Å². The SMILES string of the molecule is CC1(C)c2cccc3c2-c2c1cc(-c1cccc4oc5ccccc5c14)cc2S(c1ccccc1)(c1ccccc1)c1cc(-c2cccc4c2sc2ccccc24)ccc1-3. The van der Waals surface area contributed by atoms with Gasteiger partial charge in [-0.3, -0.25) is 0 Å². The van der Waals surface area contributed by atoms with Crippen molar-refractivity contribution in [2.75, 3.05) is 0 Å². The maximum atomic E-state index is 6.52. The minimum atomic E-state index is -2.16. The topological polar surface area (TPSA) is 13.1 Å². The Morgan fingerprint density at radius 1 is 0.433 bits per heavy atom. The molecule has 0 amide bonds. The number of para-hydroxylation sites is 1. The number of thiophene rings is 1. The van der Waals surface area contributed by atoms with Crippen molar-refractivity contribution in [3.05, 3.63) is 205 Å². The van der Waals surface area contributed by atoms with E-state index in [-0.39, 0.29) is 5.41 Å². The van der Waals surface area contributed by atoms with Crippen LogP contribution in [0.25, 0.3) is 86.6 Å². The van der Waals surface area contributed by atoms with Gasteiger partial charge in [0.2, 0.25) is 0 Å². The molecular weight excluding hydrogens is 765 g/mol. The molecule has 9 aromatic carbocycles. The molecule has 284 valence electrons. The van der Waals surface area contributed by atoms with E-state index in [4.69, 9.17) is 4.42 Å². The first-order valence-electron chi connectivity index (χ1n) is 20.7. The van der Waals surface area contributed by atoms with E-state index in [0.717, 1.165) is 16.6 Å². The number of rotatable bonds is 4. The van der Waals surface area contributed by atoms with E-state index in [2.05, 4.69) is 208 Å². The fraction of sp³-hybridized carbons (Fsp3) is 0.0526. The molecule has 2 aliphatic rings. The lowest BCUT2D eigenvalue weighted by molar-refractivity contribution is 0.660. The highest BCUT2D eigenvalue weighted by Crippen LogP contribution is 2.80. The summed E-state index contributed by atoms with van der Waals surface area (Å²) in [7, 11) is -2.16. The Bertz CT molecular complexity index is 3530. The van der Waals surface area contributed by atoms with Crippen molar-refractivity contribution in [1.82, 2.24) is 0 Å². The molecule has 1 nitrogen and oxygen atoms in total. The van der Waals surface area contributed by atoms with Crippen molar-refractivity contribution < 1.29 is 4.42 Å². The quantitative estimate of drug-likeness (QED) is 0.173. The van der Waals surface area contributed by atoms with Crippen LogP contribution in [0.2, 0.25) is 0 Å². The maximum absolute atomic E-state index is 6.52. The fourth-order valence-corrected chi connectivity index (χ4v) is 16.2. The minimum Gasteiger partial charge on any atom is -0.456 e. The minimum absolute atomic E-state index is 0.232. The van der Waals surface area contributed by atoms with Crippen LogP contribution in [0.5, 0.6) is 0 Å². The van der Waals surface area contributed by atoms with Gasteiger partial charge in [-0.15, -0.1) is 21.4 Å². The first kappa shape index (κ1) is 34.2. The Hall–Kier alpha value is -6.65. The summed E-state index contributed by atoms with van der Waals surface area (Å²) in [6.07, 6.45) is 0. The van der Waals surface area contributed by atoms with Crippen molar-refractivity contribution in [3.63, 3.8) is 0 Å². The van der Waals surface area contributed by atoms with Crippen LogP contribution in [-0.2, 0) is 5.41 Å². The zero-order chi connectivity index (χ0) is 39.7. The summed E-state index contributed by atoms with van der Waals surface area (Å²) in [5.41, 5.74) is 14.7. The molecule has 0 saturated heterocycles. The molecule has 3 heterocycles. The summed E-state index contributed by atoms with van der Waals surface area (Å²) in [5.74, 6) is 0. The van der Waals surface area contributed by atoms with Gasteiger partial charge in [0.05, 0.1) is 0 Å². The van der Waals surface area contributed by atoms with Crippen LogP contribution in [0.15, 0.2) is 218 Å². The van der Waals surface area contributed by atoms with Crippen molar-refractivity contribution >= 4 is 63.5 Å². The normalized spacial score (nSPS) is 15.0. The Morgan fingerprint density at radius 3 is 1.88 bits per heavy atom. The molecule has 1 aliphatic heterocycles. The Balaban J connectivity index is 1.22. The van der Waals surface area contributed by atoms with Crippen LogP contribution in [0.1, 0.15) is 25.0 Å². The van der Waals surface area contributed by atoms with Crippen molar-refractivity contribution in [2.45, 2.75) is 38.8 Å². The lowest BCUT2D eigenvalue weighted by Crippen LogP contribution is -2.16. The van der Waals surface area contributed by atoms with E-state index in [1.54, 1.807) is 0 Å². The first-order valence-corrected chi connectivity index (χ1v) is 23.2. The summed E-state index contributed by atoms with van der Waals surface area (Å²) in [4.78, 5) is 5.44. The molecule has 2 aromatic heterocycles. The zero-order valence-corrected chi connectivity index (χ0v) is 34.8. The third kappa shape index (κ3) is 4.49. The summed E-state index contributed by atoms with van der Waals surface area (Å²) >= 11 is 1.90. The van der Waals surface area contributed by atoms with E-state index in [1.165, 1.54) is 101 Å². The van der Waals surface area contributed by atoms with Gasteiger partial charge in [-0.05, 0) is 116 Å². The Labute approximate surface area is 354 Å². The second kappa shape index (κ2) is 12.4. The average molecular weight is 803 g/mol. The summed E-state index contributed by atoms with van der Waals surface area (Å²) in [5, 5.41) is 4.96. The molecule has 0 radical (unpaired) electrons. The molecule has 0 bridgehead atoms. The average Bonchev–Trinajstić information content (AvgIpc) is 3.93. The molecule has 1 aliphatic carbocycles. The standard InChI is InChI=1S/C57H38OS2/c1-57(2)46-26-14-24-43-42-31-30-35(40-23-13-25-44-41-20-10-12-29-50(41)59-56(40)44)33-51(42)60(37-16-5-3-6-17-37,38-18-7-4-8-19-38)52-34-36(32-47(57)55(52)54(43)46)39-22-15-28-49-53(39)45-21-9-11-27-48(45)58-49/h3-34H,1-2H3. The molecule has 0 spiro atoms. The molecule has 0 unspecified atom stereocenters. The van der Waals surface area contributed by atoms with Crippen LogP contribution in [-0.4, -0.2) is 0 Å². The molecule has 0 fully saturated rings. The third-order valence-electron chi connectivity index (χ3n) is 13.3. The lowest BCUT2D eigenvalue weighted by Gasteiger charge is -2.44. The number of furan rings is 1. The molecule has 0 atom stereocenters. The highest BCUT2D eigenvalue weighted by Gasteiger charge is 2.47. The van der Waals surface area contributed by atoms with Crippen LogP contribution < -0.4 is 0 Å². The molecule has 0 N–H and O–H groups in total. The van der Waals surface area contributed by atoms with Gasteiger partial charge < -0.3 is 4.42 Å². The van der Waals surface area contributed by atoms with Crippen molar-refractivity contribution in [1.29, 1.82) is 0 Å². The Morgan fingerprint density at radius 2 is 1.07 bits per heavy atom. The lowest BCUT2D eigenvalue weighted by atomic mass is 9.81. The number of fused-ring (bicyclic) bond motifs is 8. The van der Waals surface area contributed by atoms with Crippen LogP contribution in [0, 0.1) is 0 Å².